The number of fused-ring (bicyclic) bond motifs is 1. The molecule has 4 N–H and O–H groups in total. The minimum Gasteiger partial charge on any atom is -0.497 e. The van der Waals surface area contributed by atoms with E-state index in [9.17, 15) is 4.79 Å². The number of aryl methyl sites for hydroxylation is 1. The standard InChI is InChI=1S/C28H30N6O2/c1-36-23-9-6-21(7-10-23)19-34(27(30)18-33-28(35)16-20-12-14-31-15-13-20)26(29)11-8-22-17-32-25-5-3-2-4-24(22)25/h2-7,9-10,12-15,17,29-30,32H,8,11,16,18-19H2,1H3,(H,33,35). The van der Waals surface area contributed by atoms with Gasteiger partial charge in [0.1, 0.15) is 17.4 Å². The molecule has 0 atom stereocenters. The van der Waals surface area contributed by atoms with E-state index in [2.05, 4.69) is 21.4 Å². The van der Waals surface area contributed by atoms with Crippen molar-refractivity contribution in [2.75, 3.05) is 13.7 Å². The van der Waals surface area contributed by atoms with E-state index in [0.717, 1.165) is 33.3 Å². The zero-order chi connectivity index (χ0) is 25.3. The summed E-state index contributed by atoms with van der Waals surface area (Å²) < 4.78 is 5.25. The first-order chi connectivity index (χ1) is 17.5. The molecule has 0 radical (unpaired) electrons. The zero-order valence-corrected chi connectivity index (χ0v) is 20.3. The van der Waals surface area contributed by atoms with Crippen LogP contribution in [0.1, 0.15) is 23.1 Å². The Morgan fingerprint density at radius 1 is 1.00 bits per heavy atom. The summed E-state index contributed by atoms with van der Waals surface area (Å²) in [6, 6.07) is 19.3. The minimum absolute atomic E-state index is 0.0372. The largest absolute Gasteiger partial charge is 0.497 e. The Kier molecular flexibility index (Phi) is 8.08. The lowest BCUT2D eigenvalue weighted by Crippen LogP contribution is -2.42. The van der Waals surface area contributed by atoms with E-state index in [1.807, 2.05) is 48.7 Å². The third-order valence-corrected chi connectivity index (χ3v) is 6.02. The number of amides is 1. The molecule has 0 bridgehead atoms. The fourth-order valence-corrected chi connectivity index (χ4v) is 4.02. The first kappa shape index (κ1) is 24.7. The molecular formula is C28H30N6O2. The van der Waals surface area contributed by atoms with Gasteiger partial charge in [0.15, 0.2) is 0 Å². The quantitative estimate of drug-likeness (QED) is 0.199. The lowest BCUT2D eigenvalue weighted by atomic mass is 10.1. The summed E-state index contributed by atoms with van der Waals surface area (Å²) in [4.78, 5) is 21.3. The van der Waals surface area contributed by atoms with E-state index in [1.54, 1.807) is 36.5 Å². The molecule has 4 rings (SSSR count). The number of nitrogens with one attached hydrogen (secondary N) is 4. The minimum atomic E-state index is -0.180. The SMILES string of the molecule is COc1ccc(CN(C(=N)CCc2c[nH]c3ccccc23)C(=N)CNC(=O)Cc2ccncc2)cc1. The van der Waals surface area contributed by atoms with Crippen molar-refractivity contribution in [1.29, 1.82) is 10.8 Å². The van der Waals surface area contributed by atoms with Crippen LogP contribution in [0.5, 0.6) is 5.75 Å². The van der Waals surface area contributed by atoms with Crippen molar-refractivity contribution in [3.05, 3.63) is 95.9 Å². The number of aromatic nitrogens is 2. The number of aromatic amines is 1. The van der Waals surface area contributed by atoms with Crippen LogP contribution >= 0.6 is 0 Å². The fraction of sp³-hybridized carbons (Fsp3) is 0.214. The highest BCUT2D eigenvalue weighted by Gasteiger charge is 2.18. The molecule has 2 aromatic carbocycles. The molecule has 0 aliphatic carbocycles. The van der Waals surface area contributed by atoms with Crippen LogP contribution in [0.2, 0.25) is 0 Å². The molecule has 2 heterocycles. The molecule has 0 saturated carbocycles. The third kappa shape index (κ3) is 6.35. The maximum atomic E-state index is 12.4. The van der Waals surface area contributed by atoms with E-state index in [4.69, 9.17) is 15.6 Å². The van der Waals surface area contributed by atoms with Crippen LogP contribution in [0.4, 0.5) is 0 Å². The van der Waals surface area contributed by atoms with E-state index in [-0.39, 0.29) is 24.7 Å². The van der Waals surface area contributed by atoms with Crippen molar-refractivity contribution >= 4 is 28.5 Å². The molecule has 0 unspecified atom stereocenters. The van der Waals surface area contributed by atoms with Gasteiger partial charge in [-0.3, -0.25) is 20.6 Å². The van der Waals surface area contributed by atoms with Crippen molar-refractivity contribution in [1.82, 2.24) is 20.2 Å². The predicted molar refractivity (Wildman–Crippen MR) is 142 cm³/mol. The van der Waals surface area contributed by atoms with Crippen molar-refractivity contribution in [2.24, 2.45) is 0 Å². The van der Waals surface area contributed by atoms with Gasteiger partial charge < -0.3 is 19.9 Å². The number of H-pyrrole nitrogens is 1. The lowest BCUT2D eigenvalue weighted by Gasteiger charge is -2.26. The normalized spacial score (nSPS) is 10.7. The second-order valence-electron chi connectivity index (χ2n) is 8.50. The number of carbonyl (C=O) groups is 1. The molecule has 0 aliphatic rings. The Labute approximate surface area is 210 Å². The van der Waals surface area contributed by atoms with Gasteiger partial charge >= 0.3 is 0 Å². The van der Waals surface area contributed by atoms with Gasteiger partial charge in [0, 0.05) is 35.9 Å². The van der Waals surface area contributed by atoms with Gasteiger partial charge in [-0.05, 0) is 53.4 Å². The lowest BCUT2D eigenvalue weighted by molar-refractivity contribution is -0.120. The number of ether oxygens (including phenoxy) is 1. The van der Waals surface area contributed by atoms with Gasteiger partial charge in [-0.25, -0.2) is 0 Å². The Hall–Kier alpha value is -4.46. The van der Waals surface area contributed by atoms with Gasteiger partial charge in [-0.2, -0.15) is 0 Å². The van der Waals surface area contributed by atoms with Gasteiger partial charge in [0.2, 0.25) is 5.91 Å². The van der Waals surface area contributed by atoms with Crippen LogP contribution in [0.3, 0.4) is 0 Å². The Morgan fingerprint density at radius 3 is 2.50 bits per heavy atom. The molecular weight excluding hydrogens is 452 g/mol. The van der Waals surface area contributed by atoms with Crippen molar-refractivity contribution < 1.29 is 9.53 Å². The molecule has 2 aromatic heterocycles. The van der Waals surface area contributed by atoms with Crippen LogP contribution in [-0.4, -0.2) is 46.1 Å². The van der Waals surface area contributed by atoms with Crippen molar-refractivity contribution in [2.45, 2.75) is 25.8 Å². The first-order valence-corrected chi connectivity index (χ1v) is 11.8. The molecule has 36 heavy (non-hydrogen) atoms. The highest BCUT2D eigenvalue weighted by Crippen LogP contribution is 2.20. The molecule has 184 valence electrons. The van der Waals surface area contributed by atoms with Crippen LogP contribution in [0, 0.1) is 10.8 Å². The van der Waals surface area contributed by atoms with E-state index >= 15 is 0 Å². The Balaban J connectivity index is 1.43. The molecule has 0 saturated heterocycles. The van der Waals surface area contributed by atoms with Gasteiger partial charge in [0.25, 0.3) is 0 Å². The molecule has 0 aliphatic heterocycles. The van der Waals surface area contributed by atoms with Crippen LogP contribution in [0.25, 0.3) is 10.9 Å². The number of hydrogen-bond donors (Lipinski definition) is 4. The average Bonchev–Trinajstić information content (AvgIpc) is 3.33. The molecule has 8 heteroatoms. The van der Waals surface area contributed by atoms with E-state index < -0.39 is 0 Å². The van der Waals surface area contributed by atoms with Gasteiger partial charge in [-0.1, -0.05) is 30.3 Å². The van der Waals surface area contributed by atoms with Gasteiger partial charge in [0.05, 0.1) is 26.6 Å². The summed E-state index contributed by atoms with van der Waals surface area (Å²) >= 11 is 0. The summed E-state index contributed by atoms with van der Waals surface area (Å²) in [5.41, 5.74) is 4.01. The number of methoxy groups -OCH3 is 1. The second-order valence-corrected chi connectivity index (χ2v) is 8.50. The molecule has 1 amide bonds. The number of rotatable bonds is 10. The van der Waals surface area contributed by atoms with Gasteiger partial charge in [-0.15, -0.1) is 0 Å². The summed E-state index contributed by atoms with van der Waals surface area (Å²) in [5.74, 6) is 1.06. The Bertz CT molecular complexity index is 1330. The zero-order valence-electron chi connectivity index (χ0n) is 20.3. The highest BCUT2D eigenvalue weighted by molar-refractivity contribution is 6.00. The predicted octanol–water partition coefficient (Wildman–Crippen LogP) is 4.32. The molecule has 0 spiro atoms. The number of pyridine rings is 1. The average molecular weight is 483 g/mol. The van der Waals surface area contributed by atoms with Crippen LogP contribution < -0.4 is 10.1 Å². The summed E-state index contributed by atoms with van der Waals surface area (Å²) in [6.45, 7) is 0.394. The first-order valence-electron chi connectivity index (χ1n) is 11.8. The maximum Gasteiger partial charge on any atom is 0.224 e. The number of nitrogens with zero attached hydrogens (tertiary/aromatic N) is 2. The third-order valence-electron chi connectivity index (χ3n) is 6.02. The molecule has 8 nitrogen and oxygen atoms in total. The fourth-order valence-electron chi connectivity index (χ4n) is 4.02. The summed E-state index contributed by atoms with van der Waals surface area (Å²) in [6.07, 6.45) is 6.63. The monoisotopic (exact) mass is 482 g/mol. The van der Waals surface area contributed by atoms with E-state index in [1.165, 1.54) is 0 Å². The van der Waals surface area contributed by atoms with Crippen molar-refractivity contribution in [3.8, 4) is 5.75 Å². The highest BCUT2D eigenvalue weighted by atomic mass is 16.5. The smallest absolute Gasteiger partial charge is 0.224 e. The number of amidine groups is 2. The molecule has 4 aromatic rings. The summed E-state index contributed by atoms with van der Waals surface area (Å²) in [7, 11) is 1.62. The topological polar surface area (TPSA) is 118 Å². The van der Waals surface area contributed by atoms with Crippen LogP contribution in [-0.2, 0) is 24.2 Å². The van der Waals surface area contributed by atoms with Crippen molar-refractivity contribution in [3.63, 3.8) is 0 Å². The van der Waals surface area contributed by atoms with Crippen LogP contribution in [0.15, 0.2) is 79.3 Å². The Morgan fingerprint density at radius 2 is 1.75 bits per heavy atom. The number of hydrogen-bond acceptors (Lipinski definition) is 5. The number of benzene rings is 2. The number of para-hydroxylation sites is 1. The summed E-state index contributed by atoms with van der Waals surface area (Å²) in [5, 5.41) is 21.5. The second kappa shape index (κ2) is 11.8. The number of carbonyl (C=O) groups excluding carboxylic acids is 1. The maximum absolute atomic E-state index is 12.4. The van der Waals surface area contributed by atoms with E-state index in [0.29, 0.717) is 25.2 Å². The molecule has 0 fully saturated rings.